The molecule has 2 aromatic carbocycles. The zero-order valence-corrected chi connectivity index (χ0v) is 16.0. The molecule has 1 amide bonds. The quantitative estimate of drug-likeness (QED) is 0.613. The van der Waals surface area contributed by atoms with Crippen LogP contribution in [0.4, 0.5) is 0 Å². The Morgan fingerprint density at radius 1 is 1.14 bits per heavy atom. The molecule has 0 spiro atoms. The number of nitrogens with zero attached hydrogens (tertiary/aromatic N) is 2. The van der Waals surface area contributed by atoms with E-state index in [1.54, 1.807) is 7.11 Å². The third-order valence-electron chi connectivity index (χ3n) is 4.06. The summed E-state index contributed by atoms with van der Waals surface area (Å²) in [5.41, 5.74) is 1.74. The molecule has 0 bridgehead atoms. The Labute approximate surface area is 163 Å². The molecule has 0 aliphatic rings. The molecule has 0 aliphatic heterocycles. The second-order valence-corrected chi connectivity index (χ2v) is 6.10. The fourth-order valence-corrected chi connectivity index (χ4v) is 2.66. The number of rotatable bonds is 9. The number of methoxy groups -OCH3 is 1. The summed E-state index contributed by atoms with van der Waals surface area (Å²) >= 11 is 0. The van der Waals surface area contributed by atoms with Crippen LogP contribution < -0.4 is 14.8 Å². The predicted molar refractivity (Wildman–Crippen MR) is 104 cm³/mol. The lowest BCUT2D eigenvalue weighted by Crippen LogP contribution is -2.27. The molecule has 3 rings (SSSR count). The number of carbonyl (C=O) groups is 1. The SMILES string of the molecule is CCOc1ccc(CC(=O)NCCc2nc(-c3cccc(OC)c3)no2)cc1. The molecule has 7 heteroatoms. The van der Waals surface area contributed by atoms with E-state index >= 15 is 0 Å². The van der Waals surface area contributed by atoms with Crippen LogP contribution in [0.3, 0.4) is 0 Å². The zero-order chi connectivity index (χ0) is 19.8. The molecule has 1 heterocycles. The summed E-state index contributed by atoms with van der Waals surface area (Å²) in [5, 5.41) is 6.85. The van der Waals surface area contributed by atoms with Crippen molar-refractivity contribution in [2.24, 2.45) is 0 Å². The standard InChI is InChI=1S/C21H23N3O4/c1-3-27-17-9-7-15(8-10-17)13-19(25)22-12-11-20-23-21(24-28-20)16-5-4-6-18(14-16)26-2/h4-10,14H,3,11-13H2,1-2H3,(H,22,25). The molecule has 0 saturated heterocycles. The molecule has 0 unspecified atom stereocenters. The van der Waals surface area contributed by atoms with Crippen molar-refractivity contribution in [1.82, 2.24) is 15.5 Å². The van der Waals surface area contributed by atoms with Gasteiger partial charge < -0.3 is 19.3 Å². The number of carbonyl (C=O) groups excluding carboxylic acids is 1. The molecule has 0 aliphatic carbocycles. The van der Waals surface area contributed by atoms with Crippen LogP contribution in [0.15, 0.2) is 53.1 Å². The summed E-state index contributed by atoms with van der Waals surface area (Å²) in [5.74, 6) is 2.44. The first-order chi connectivity index (χ1) is 13.7. The Bertz CT molecular complexity index is 906. The average molecular weight is 381 g/mol. The number of hydrogen-bond acceptors (Lipinski definition) is 6. The van der Waals surface area contributed by atoms with E-state index < -0.39 is 0 Å². The highest BCUT2D eigenvalue weighted by atomic mass is 16.5. The largest absolute Gasteiger partial charge is 0.497 e. The number of aromatic nitrogens is 2. The fraction of sp³-hybridized carbons (Fsp3) is 0.286. The number of hydrogen-bond donors (Lipinski definition) is 1. The van der Waals surface area contributed by atoms with E-state index in [0.29, 0.717) is 37.7 Å². The first-order valence-electron chi connectivity index (χ1n) is 9.13. The van der Waals surface area contributed by atoms with Crippen LogP contribution in [-0.2, 0) is 17.6 Å². The van der Waals surface area contributed by atoms with E-state index in [0.717, 1.165) is 22.6 Å². The molecule has 0 atom stereocenters. The summed E-state index contributed by atoms with van der Waals surface area (Å²) in [6.45, 7) is 2.98. The molecule has 146 valence electrons. The van der Waals surface area contributed by atoms with E-state index in [9.17, 15) is 4.79 Å². The number of ether oxygens (including phenoxy) is 2. The minimum absolute atomic E-state index is 0.0586. The third-order valence-corrected chi connectivity index (χ3v) is 4.06. The summed E-state index contributed by atoms with van der Waals surface area (Å²) in [6.07, 6.45) is 0.775. The maximum absolute atomic E-state index is 12.1. The molecule has 7 nitrogen and oxygen atoms in total. The Kier molecular flexibility index (Phi) is 6.62. The monoisotopic (exact) mass is 381 g/mol. The minimum atomic E-state index is -0.0586. The van der Waals surface area contributed by atoms with Gasteiger partial charge in [-0.25, -0.2) is 0 Å². The first kappa shape index (κ1) is 19.4. The lowest BCUT2D eigenvalue weighted by Gasteiger charge is -2.06. The van der Waals surface area contributed by atoms with E-state index in [-0.39, 0.29) is 5.91 Å². The van der Waals surface area contributed by atoms with Crippen molar-refractivity contribution in [3.8, 4) is 22.9 Å². The minimum Gasteiger partial charge on any atom is -0.497 e. The van der Waals surface area contributed by atoms with Crippen molar-refractivity contribution in [3.63, 3.8) is 0 Å². The highest BCUT2D eigenvalue weighted by molar-refractivity contribution is 5.78. The van der Waals surface area contributed by atoms with E-state index in [4.69, 9.17) is 14.0 Å². The Hall–Kier alpha value is -3.35. The van der Waals surface area contributed by atoms with E-state index in [2.05, 4.69) is 15.5 Å². The Morgan fingerprint density at radius 3 is 2.71 bits per heavy atom. The van der Waals surface area contributed by atoms with Crippen molar-refractivity contribution in [1.29, 1.82) is 0 Å². The number of benzene rings is 2. The van der Waals surface area contributed by atoms with Gasteiger partial charge in [-0.3, -0.25) is 4.79 Å². The summed E-state index contributed by atoms with van der Waals surface area (Å²) < 4.78 is 15.9. The second-order valence-electron chi connectivity index (χ2n) is 6.10. The highest BCUT2D eigenvalue weighted by Crippen LogP contribution is 2.21. The molecule has 0 fully saturated rings. The Morgan fingerprint density at radius 2 is 1.96 bits per heavy atom. The van der Waals surface area contributed by atoms with Gasteiger partial charge in [0.25, 0.3) is 0 Å². The maximum Gasteiger partial charge on any atom is 0.228 e. The van der Waals surface area contributed by atoms with Gasteiger partial charge in [-0.15, -0.1) is 0 Å². The van der Waals surface area contributed by atoms with E-state index in [1.165, 1.54) is 0 Å². The topological polar surface area (TPSA) is 86.5 Å². The van der Waals surface area contributed by atoms with Gasteiger partial charge >= 0.3 is 0 Å². The van der Waals surface area contributed by atoms with Crippen LogP contribution in [0.1, 0.15) is 18.4 Å². The van der Waals surface area contributed by atoms with Crippen LogP contribution in [0.5, 0.6) is 11.5 Å². The van der Waals surface area contributed by atoms with Gasteiger partial charge in [0.1, 0.15) is 11.5 Å². The molecule has 1 aromatic heterocycles. The summed E-state index contributed by atoms with van der Waals surface area (Å²) in [6, 6.07) is 15.0. The molecule has 28 heavy (non-hydrogen) atoms. The van der Waals surface area contributed by atoms with Crippen molar-refractivity contribution in [3.05, 3.63) is 60.0 Å². The van der Waals surface area contributed by atoms with Gasteiger partial charge in [0.05, 0.1) is 20.1 Å². The molecule has 0 saturated carbocycles. The highest BCUT2D eigenvalue weighted by Gasteiger charge is 2.10. The zero-order valence-electron chi connectivity index (χ0n) is 16.0. The lowest BCUT2D eigenvalue weighted by molar-refractivity contribution is -0.120. The second kappa shape index (κ2) is 9.55. The van der Waals surface area contributed by atoms with Crippen LogP contribution in [-0.4, -0.2) is 36.3 Å². The smallest absolute Gasteiger partial charge is 0.228 e. The third kappa shape index (κ3) is 5.33. The molecule has 1 N–H and O–H groups in total. The molecular weight excluding hydrogens is 358 g/mol. The van der Waals surface area contributed by atoms with Gasteiger partial charge in [0.2, 0.25) is 17.6 Å². The molecule has 0 radical (unpaired) electrons. The van der Waals surface area contributed by atoms with Gasteiger partial charge in [-0.1, -0.05) is 29.4 Å². The normalized spacial score (nSPS) is 10.5. The van der Waals surface area contributed by atoms with Crippen molar-refractivity contribution >= 4 is 5.91 Å². The van der Waals surface area contributed by atoms with Gasteiger partial charge in [0.15, 0.2) is 0 Å². The van der Waals surface area contributed by atoms with E-state index in [1.807, 2.05) is 55.5 Å². The van der Waals surface area contributed by atoms with Crippen LogP contribution in [0.2, 0.25) is 0 Å². The first-order valence-corrected chi connectivity index (χ1v) is 9.13. The molecular formula is C21H23N3O4. The van der Waals surface area contributed by atoms with Crippen LogP contribution in [0.25, 0.3) is 11.4 Å². The summed E-state index contributed by atoms with van der Waals surface area (Å²) in [7, 11) is 1.61. The van der Waals surface area contributed by atoms with Crippen LogP contribution >= 0.6 is 0 Å². The van der Waals surface area contributed by atoms with Crippen molar-refractivity contribution < 1.29 is 18.8 Å². The fourth-order valence-electron chi connectivity index (χ4n) is 2.66. The molecule has 3 aromatic rings. The predicted octanol–water partition coefficient (Wildman–Crippen LogP) is 3.05. The van der Waals surface area contributed by atoms with Gasteiger partial charge in [-0.2, -0.15) is 4.98 Å². The summed E-state index contributed by atoms with van der Waals surface area (Å²) in [4.78, 5) is 16.5. The Balaban J connectivity index is 1.47. The van der Waals surface area contributed by atoms with Crippen LogP contribution in [0, 0.1) is 0 Å². The number of nitrogens with one attached hydrogen (secondary N) is 1. The van der Waals surface area contributed by atoms with Gasteiger partial charge in [-0.05, 0) is 36.8 Å². The average Bonchev–Trinajstić information content (AvgIpc) is 3.19. The van der Waals surface area contributed by atoms with Crippen molar-refractivity contribution in [2.75, 3.05) is 20.3 Å². The lowest BCUT2D eigenvalue weighted by atomic mass is 10.1. The van der Waals surface area contributed by atoms with Gasteiger partial charge in [0, 0.05) is 18.5 Å². The number of amides is 1. The van der Waals surface area contributed by atoms with Crippen molar-refractivity contribution in [2.45, 2.75) is 19.8 Å². The maximum atomic E-state index is 12.1.